The summed E-state index contributed by atoms with van der Waals surface area (Å²) in [5.74, 6) is -0.354. The first-order valence-electron chi connectivity index (χ1n) is 3.36. The third-order valence-electron chi connectivity index (χ3n) is 1.47. The number of benzene rings is 1. The molecule has 0 amide bonds. The lowest BCUT2D eigenvalue weighted by Crippen LogP contribution is -2.05. The summed E-state index contributed by atoms with van der Waals surface area (Å²) in [5, 5.41) is 0. The van der Waals surface area contributed by atoms with E-state index in [-0.39, 0.29) is 11.5 Å². The lowest BCUT2D eigenvalue weighted by molar-refractivity contribution is 0.351. The van der Waals surface area contributed by atoms with Gasteiger partial charge in [-0.3, -0.25) is 0 Å². The van der Waals surface area contributed by atoms with Gasteiger partial charge in [-0.25, -0.2) is 0 Å². The Balaban J connectivity index is 3.22. The molecular formula is C8H8BFO2. The molecule has 1 aromatic rings. The number of halogens is 1. The van der Waals surface area contributed by atoms with E-state index >= 15 is 0 Å². The van der Waals surface area contributed by atoms with Gasteiger partial charge in [-0.15, -0.1) is 0 Å². The Kier molecular flexibility index (Phi) is 2.58. The molecule has 1 aromatic carbocycles. The summed E-state index contributed by atoms with van der Waals surface area (Å²) >= 11 is 0. The van der Waals surface area contributed by atoms with E-state index in [2.05, 4.69) is 0 Å². The average Bonchev–Trinajstić information content (AvgIpc) is 2.08. The van der Waals surface area contributed by atoms with Gasteiger partial charge in [0.1, 0.15) is 7.85 Å². The number of hydrogen-bond acceptors (Lipinski definition) is 2. The molecule has 4 heteroatoms. The fourth-order valence-corrected chi connectivity index (χ4v) is 0.890. The molecule has 0 aliphatic rings. The summed E-state index contributed by atoms with van der Waals surface area (Å²) in [5.41, 5.74) is 0.408. The van der Waals surface area contributed by atoms with Crippen molar-refractivity contribution in [3.63, 3.8) is 0 Å². The van der Waals surface area contributed by atoms with E-state index in [0.29, 0.717) is 5.46 Å². The van der Waals surface area contributed by atoms with Gasteiger partial charge in [0.05, 0.1) is 14.2 Å². The molecule has 62 valence electrons. The van der Waals surface area contributed by atoms with Crippen LogP contribution >= 0.6 is 0 Å². The summed E-state index contributed by atoms with van der Waals surface area (Å²) in [4.78, 5) is 0. The van der Waals surface area contributed by atoms with E-state index in [0.717, 1.165) is 0 Å². The Morgan fingerprint density at radius 1 is 1.17 bits per heavy atom. The molecule has 0 aliphatic heterocycles. The highest BCUT2D eigenvalue weighted by Gasteiger charge is 2.09. The van der Waals surface area contributed by atoms with Gasteiger partial charge in [0.15, 0.2) is 11.5 Å². The SMILES string of the molecule is [B]c1cc(OC)c(F)c(OC)c1. The van der Waals surface area contributed by atoms with Crippen LogP contribution in [0, 0.1) is 5.82 Å². The summed E-state index contributed by atoms with van der Waals surface area (Å²) in [6.45, 7) is 0. The Hall–Kier alpha value is -1.19. The van der Waals surface area contributed by atoms with Crippen LogP contribution in [0.2, 0.25) is 0 Å². The molecule has 0 aliphatic carbocycles. The monoisotopic (exact) mass is 166 g/mol. The summed E-state index contributed by atoms with van der Waals surface area (Å²) in [7, 11) is 8.20. The average molecular weight is 166 g/mol. The first-order valence-corrected chi connectivity index (χ1v) is 3.36. The normalized spacial score (nSPS) is 9.58. The Labute approximate surface area is 71.7 Å². The first-order chi connectivity index (χ1) is 5.69. The Bertz CT molecular complexity index is 263. The van der Waals surface area contributed by atoms with Gasteiger partial charge in [0, 0.05) is 0 Å². The van der Waals surface area contributed by atoms with Crippen LogP contribution in [-0.4, -0.2) is 22.1 Å². The minimum absolute atomic E-state index is 0.0897. The molecule has 0 atom stereocenters. The minimum Gasteiger partial charge on any atom is -0.494 e. The lowest BCUT2D eigenvalue weighted by atomic mass is 9.96. The number of ether oxygens (including phenoxy) is 2. The van der Waals surface area contributed by atoms with Crippen molar-refractivity contribution in [3.8, 4) is 11.5 Å². The van der Waals surface area contributed by atoms with E-state index in [1.807, 2.05) is 0 Å². The van der Waals surface area contributed by atoms with Crippen molar-refractivity contribution in [2.75, 3.05) is 14.2 Å². The van der Waals surface area contributed by atoms with Crippen molar-refractivity contribution in [3.05, 3.63) is 17.9 Å². The van der Waals surface area contributed by atoms with Crippen LogP contribution in [0.3, 0.4) is 0 Å². The van der Waals surface area contributed by atoms with Gasteiger partial charge in [-0.05, 0) is 12.1 Å². The molecule has 2 radical (unpaired) electrons. The first kappa shape index (κ1) is 8.91. The van der Waals surface area contributed by atoms with Crippen molar-refractivity contribution in [1.82, 2.24) is 0 Å². The van der Waals surface area contributed by atoms with Crippen molar-refractivity contribution in [2.45, 2.75) is 0 Å². The van der Waals surface area contributed by atoms with Crippen molar-refractivity contribution in [1.29, 1.82) is 0 Å². The van der Waals surface area contributed by atoms with Gasteiger partial charge >= 0.3 is 0 Å². The zero-order chi connectivity index (χ0) is 9.14. The number of rotatable bonds is 2. The van der Waals surface area contributed by atoms with Crippen molar-refractivity contribution < 1.29 is 13.9 Å². The quantitative estimate of drug-likeness (QED) is 0.600. The van der Waals surface area contributed by atoms with Gasteiger partial charge in [0.25, 0.3) is 0 Å². The highest BCUT2D eigenvalue weighted by molar-refractivity contribution is 6.32. The maximum atomic E-state index is 13.1. The van der Waals surface area contributed by atoms with Crippen LogP contribution < -0.4 is 14.9 Å². The Morgan fingerprint density at radius 3 is 1.92 bits per heavy atom. The van der Waals surface area contributed by atoms with E-state index < -0.39 is 5.82 Å². The summed E-state index contributed by atoms with van der Waals surface area (Å²) < 4.78 is 22.6. The third kappa shape index (κ3) is 1.52. The lowest BCUT2D eigenvalue weighted by Gasteiger charge is -2.07. The highest BCUT2D eigenvalue weighted by Crippen LogP contribution is 2.23. The van der Waals surface area contributed by atoms with Crippen LogP contribution in [0.1, 0.15) is 0 Å². The molecule has 0 N–H and O–H groups in total. The van der Waals surface area contributed by atoms with Crippen LogP contribution in [0.4, 0.5) is 4.39 Å². The maximum absolute atomic E-state index is 13.1. The van der Waals surface area contributed by atoms with E-state index in [1.165, 1.54) is 26.4 Å². The summed E-state index contributed by atoms with van der Waals surface area (Å²) in [6.07, 6.45) is 0. The third-order valence-corrected chi connectivity index (χ3v) is 1.47. The highest BCUT2D eigenvalue weighted by atomic mass is 19.1. The van der Waals surface area contributed by atoms with Gasteiger partial charge in [-0.2, -0.15) is 4.39 Å². The summed E-state index contributed by atoms with van der Waals surface area (Å²) in [6, 6.07) is 2.80. The molecule has 0 bridgehead atoms. The van der Waals surface area contributed by atoms with E-state index in [9.17, 15) is 4.39 Å². The molecular weight excluding hydrogens is 158 g/mol. The van der Waals surface area contributed by atoms with E-state index in [1.54, 1.807) is 0 Å². The maximum Gasteiger partial charge on any atom is 0.206 e. The zero-order valence-electron chi connectivity index (χ0n) is 6.93. The van der Waals surface area contributed by atoms with Crippen molar-refractivity contribution in [2.24, 2.45) is 0 Å². The van der Waals surface area contributed by atoms with Gasteiger partial charge < -0.3 is 9.47 Å². The van der Waals surface area contributed by atoms with Crippen LogP contribution in [0.15, 0.2) is 12.1 Å². The second-order valence-electron chi connectivity index (χ2n) is 2.24. The molecule has 12 heavy (non-hydrogen) atoms. The molecule has 0 saturated heterocycles. The number of methoxy groups -OCH3 is 2. The zero-order valence-corrected chi connectivity index (χ0v) is 6.93. The van der Waals surface area contributed by atoms with Crippen LogP contribution in [-0.2, 0) is 0 Å². The standard InChI is InChI=1S/C8H8BFO2/c1-11-6-3-5(9)4-7(12-2)8(6)10/h3-4H,1-2H3. The molecule has 0 unspecified atom stereocenters. The van der Waals surface area contributed by atoms with E-state index in [4.69, 9.17) is 17.3 Å². The fourth-order valence-electron chi connectivity index (χ4n) is 0.890. The molecule has 0 spiro atoms. The second kappa shape index (κ2) is 3.47. The molecule has 0 saturated carbocycles. The Morgan fingerprint density at radius 2 is 1.58 bits per heavy atom. The number of hydrogen-bond donors (Lipinski definition) is 0. The van der Waals surface area contributed by atoms with Gasteiger partial charge in [0.2, 0.25) is 5.82 Å². The van der Waals surface area contributed by atoms with Crippen LogP contribution in [0.5, 0.6) is 11.5 Å². The second-order valence-corrected chi connectivity index (χ2v) is 2.24. The predicted molar refractivity (Wildman–Crippen MR) is 44.9 cm³/mol. The minimum atomic E-state index is -0.533. The largest absolute Gasteiger partial charge is 0.494 e. The smallest absolute Gasteiger partial charge is 0.206 e. The molecule has 2 nitrogen and oxygen atoms in total. The van der Waals surface area contributed by atoms with Crippen molar-refractivity contribution >= 4 is 13.3 Å². The molecule has 0 aromatic heterocycles. The molecule has 1 rings (SSSR count). The predicted octanol–water partition coefficient (Wildman–Crippen LogP) is 0.637. The molecule has 0 fully saturated rings. The van der Waals surface area contributed by atoms with Gasteiger partial charge in [-0.1, -0.05) is 5.46 Å². The fraction of sp³-hybridized carbons (Fsp3) is 0.250. The van der Waals surface area contributed by atoms with Crippen LogP contribution in [0.25, 0.3) is 0 Å². The molecule has 0 heterocycles. The topological polar surface area (TPSA) is 18.5 Å².